The van der Waals surface area contributed by atoms with Crippen LogP contribution in [0.1, 0.15) is 26.7 Å². The Morgan fingerprint density at radius 1 is 1.39 bits per heavy atom. The van der Waals surface area contributed by atoms with Crippen molar-refractivity contribution in [3.63, 3.8) is 0 Å². The first-order chi connectivity index (χ1) is 8.53. The van der Waals surface area contributed by atoms with Gasteiger partial charge in [0.15, 0.2) is 11.0 Å². The van der Waals surface area contributed by atoms with Crippen molar-refractivity contribution in [2.75, 3.05) is 17.6 Å². The average molecular weight is 250 g/mol. The molecular weight excluding hydrogens is 232 g/mol. The minimum Gasteiger partial charge on any atom is -0.397 e. The number of anilines is 2. The fraction of sp³-hybridized carbons (Fsp3) is 0.500. The van der Waals surface area contributed by atoms with Gasteiger partial charge in [-0.05, 0) is 35.8 Å². The van der Waals surface area contributed by atoms with E-state index < -0.39 is 5.60 Å². The van der Waals surface area contributed by atoms with Gasteiger partial charge in [0.05, 0.1) is 17.0 Å². The molecule has 6 nitrogen and oxygen atoms in total. The molecule has 0 bridgehead atoms. The van der Waals surface area contributed by atoms with Crippen LogP contribution in [0.2, 0.25) is 0 Å². The number of rotatable bonds is 5. The van der Waals surface area contributed by atoms with Crippen LogP contribution < -0.4 is 11.1 Å². The first-order valence-corrected chi connectivity index (χ1v) is 6.00. The van der Waals surface area contributed by atoms with Crippen LogP contribution in [0.3, 0.4) is 0 Å². The number of aromatic nitrogens is 2. The Balaban J connectivity index is 2.17. The van der Waals surface area contributed by atoms with E-state index in [1.807, 2.05) is 13.0 Å². The molecule has 1 unspecified atom stereocenters. The lowest BCUT2D eigenvalue weighted by molar-refractivity contribution is 0.0637. The van der Waals surface area contributed by atoms with Gasteiger partial charge >= 0.3 is 0 Å². The number of nitrogens with zero attached hydrogens (tertiary/aromatic N) is 2. The number of nitrogens with two attached hydrogens (primary N) is 1. The molecule has 0 saturated carbocycles. The predicted molar refractivity (Wildman–Crippen MR) is 70.2 cm³/mol. The van der Waals surface area contributed by atoms with Gasteiger partial charge in [-0.25, -0.2) is 4.63 Å². The van der Waals surface area contributed by atoms with Crippen LogP contribution >= 0.6 is 0 Å². The fourth-order valence-corrected chi connectivity index (χ4v) is 1.94. The van der Waals surface area contributed by atoms with Crippen LogP contribution in [-0.2, 0) is 0 Å². The first kappa shape index (κ1) is 12.6. The van der Waals surface area contributed by atoms with Gasteiger partial charge in [-0.2, -0.15) is 0 Å². The number of hydrogen-bond donors (Lipinski definition) is 3. The molecule has 0 aliphatic carbocycles. The fourth-order valence-electron chi connectivity index (χ4n) is 1.94. The molecule has 0 aliphatic heterocycles. The van der Waals surface area contributed by atoms with Crippen molar-refractivity contribution in [2.45, 2.75) is 32.3 Å². The van der Waals surface area contributed by atoms with E-state index in [2.05, 4.69) is 20.3 Å². The molecule has 1 aromatic heterocycles. The van der Waals surface area contributed by atoms with Crippen molar-refractivity contribution in [1.82, 2.24) is 10.3 Å². The summed E-state index contributed by atoms with van der Waals surface area (Å²) in [4.78, 5) is 0. The first-order valence-electron chi connectivity index (χ1n) is 6.00. The highest BCUT2D eigenvalue weighted by Crippen LogP contribution is 2.25. The smallest absolute Gasteiger partial charge is 0.160 e. The molecule has 1 heterocycles. The van der Waals surface area contributed by atoms with E-state index in [1.54, 1.807) is 13.0 Å². The molecule has 2 aromatic rings. The highest BCUT2D eigenvalue weighted by atomic mass is 16.6. The van der Waals surface area contributed by atoms with E-state index in [0.717, 1.165) is 18.5 Å². The number of nitrogens with one attached hydrogen (secondary N) is 1. The van der Waals surface area contributed by atoms with E-state index in [4.69, 9.17) is 5.73 Å². The van der Waals surface area contributed by atoms with Crippen LogP contribution in [-0.4, -0.2) is 27.6 Å². The number of aliphatic hydroxyl groups is 1. The monoisotopic (exact) mass is 250 g/mol. The van der Waals surface area contributed by atoms with Gasteiger partial charge in [-0.1, -0.05) is 13.3 Å². The normalized spacial score (nSPS) is 14.6. The second-order valence-electron chi connectivity index (χ2n) is 4.76. The summed E-state index contributed by atoms with van der Waals surface area (Å²) in [7, 11) is 0. The maximum Gasteiger partial charge on any atom is 0.160 e. The third-order valence-electron chi connectivity index (χ3n) is 2.89. The maximum absolute atomic E-state index is 10.1. The molecule has 0 amide bonds. The molecular formula is C12H18N4O2. The van der Waals surface area contributed by atoms with Gasteiger partial charge in [-0.3, -0.25) is 0 Å². The maximum atomic E-state index is 10.1. The topological polar surface area (TPSA) is 97.2 Å². The Bertz CT molecular complexity index is 536. The summed E-state index contributed by atoms with van der Waals surface area (Å²) >= 11 is 0. The van der Waals surface area contributed by atoms with Crippen molar-refractivity contribution in [1.29, 1.82) is 0 Å². The van der Waals surface area contributed by atoms with Gasteiger partial charge in [0.1, 0.15) is 0 Å². The predicted octanol–water partition coefficient (Wildman–Crippen LogP) is 1.77. The summed E-state index contributed by atoms with van der Waals surface area (Å²) < 4.78 is 4.68. The van der Waals surface area contributed by atoms with E-state index in [-0.39, 0.29) is 0 Å². The zero-order valence-electron chi connectivity index (χ0n) is 10.6. The SMILES string of the molecule is CCCC(C)(O)CNc1ccc(N)c2nonc12. The number of hydrogen-bond acceptors (Lipinski definition) is 6. The third-order valence-corrected chi connectivity index (χ3v) is 2.89. The lowest BCUT2D eigenvalue weighted by atomic mass is 10.0. The number of benzene rings is 1. The lowest BCUT2D eigenvalue weighted by Gasteiger charge is -2.23. The number of nitrogen functional groups attached to an aromatic ring is 1. The summed E-state index contributed by atoms with van der Waals surface area (Å²) in [6.07, 6.45) is 1.66. The molecule has 2 rings (SSSR count). The largest absolute Gasteiger partial charge is 0.397 e. The summed E-state index contributed by atoms with van der Waals surface area (Å²) in [6.45, 7) is 4.28. The van der Waals surface area contributed by atoms with Crippen LogP contribution in [0.25, 0.3) is 11.0 Å². The highest BCUT2D eigenvalue weighted by Gasteiger charge is 2.19. The van der Waals surface area contributed by atoms with E-state index in [0.29, 0.717) is 23.3 Å². The van der Waals surface area contributed by atoms with Gasteiger partial charge in [-0.15, -0.1) is 0 Å². The minimum absolute atomic E-state index is 0.437. The molecule has 0 radical (unpaired) electrons. The van der Waals surface area contributed by atoms with E-state index >= 15 is 0 Å². The van der Waals surface area contributed by atoms with Gasteiger partial charge in [0.2, 0.25) is 0 Å². The summed E-state index contributed by atoms with van der Waals surface area (Å²) in [5.41, 5.74) is 7.42. The highest BCUT2D eigenvalue weighted by molar-refractivity contribution is 5.94. The Hall–Kier alpha value is -1.82. The molecule has 0 saturated heterocycles. The Kier molecular flexibility index (Phi) is 3.38. The van der Waals surface area contributed by atoms with Crippen LogP contribution in [0.4, 0.5) is 11.4 Å². The zero-order valence-corrected chi connectivity index (χ0v) is 10.6. The zero-order chi connectivity index (χ0) is 13.2. The van der Waals surface area contributed by atoms with Crippen molar-refractivity contribution in [3.8, 4) is 0 Å². The van der Waals surface area contributed by atoms with Gasteiger partial charge in [0.25, 0.3) is 0 Å². The Morgan fingerprint density at radius 3 is 2.83 bits per heavy atom. The lowest BCUT2D eigenvalue weighted by Crippen LogP contribution is -2.33. The van der Waals surface area contributed by atoms with Crippen LogP contribution in [0.5, 0.6) is 0 Å². The van der Waals surface area contributed by atoms with Crippen molar-refractivity contribution < 1.29 is 9.74 Å². The summed E-state index contributed by atoms with van der Waals surface area (Å²) in [6, 6.07) is 3.55. The van der Waals surface area contributed by atoms with Crippen LogP contribution in [0.15, 0.2) is 16.8 Å². The van der Waals surface area contributed by atoms with Crippen LogP contribution in [0, 0.1) is 0 Å². The third kappa shape index (κ3) is 2.53. The van der Waals surface area contributed by atoms with E-state index in [1.165, 1.54) is 0 Å². The van der Waals surface area contributed by atoms with Crippen molar-refractivity contribution in [2.24, 2.45) is 0 Å². The molecule has 0 aliphatic rings. The second-order valence-corrected chi connectivity index (χ2v) is 4.76. The molecule has 0 spiro atoms. The molecule has 6 heteroatoms. The van der Waals surface area contributed by atoms with Gasteiger partial charge in [0, 0.05) is 6.54 Å². The van der Waals surface area contributed by atoms with Crippen molar-refractivity contribution in [3.05, 3.63) is 12.1 Å². The minimum atomic E-state index is -0.750. The Morgan fingerprint density at radius 2 is 2.11 bits per heavy atom. The average Bonchev–Trinajstić information content (AvgIpc) is 2.78. The summed E-state index contributed by atoms with van der Waals surface area (Å²) in [5, 5.41) is 20.8. The summed E-state index contributed by atoms with van der Waals surface area (Å²) in [5.74, 6) is 0. The molecule has 1 aromatic carbocycles. The van der Waals surface area contributed by atoms with Crippen molar-refractivity contribution >= 4 is 22.4 Å². The van der Waals surface area contributed by atoms with E-state index in [9.17, 15) is 5.11 Å². The molecule has 4 N–H and O–H groups in total. The Labute approximate surface area is 105 Å². The molecule has 0 fully saturated rings. The standard InChI is InChI=1S/C12H18N4O2/c1-3-6-12(2,17)7-14-9-5-4-8(13)10-11(9)16-18-15-10/h4-5,14,17H,3,6-7,13H2,1-2H3. The number of fused-ring (bicyclic) bond motifs is 1. The second kappa shape index (κ2) is 4.81. The molecule has 1 atom stereocenters. The quantitative estimate of drug-likeness (QED) is 0.700. The molecule has 98 valence electrons. The molecule has 18 heavy (non-hydrogen) atoms. The van der Waals surface area contributed by atoms with Gasteiger partial charge < -0.3 is 16.2 Å².